The first-order valence-electron chi connectivity index (χ1n) is 7.07. The highest BCUT2D eigenvalue weighted by Crippen LogP contribution is 2.30. The standard InChI is InChI=1S/C16H14Cl2N2O5/c1-9(25-14-6-3-10(17)7-12(14)18)16(21)19-13-5-4-11(20(22)23)8-15(13)24-2/h3-9H,1-2H3,(H,19,21). The molecule has 2 aromatic rings. The molecular formula is C16H14Cl2N2O5. The second-order valence-electron chi connectivity index (χ2n) is 4.97. The van der Waals surface area contributed by atoms with Crippen molar-refractivity contribution >= 4 is 40.5 Å². The van der Waals surface area contributed by atoms with E-state index in [0.29, 0.717) is 10.8 Å². The topological polar surface area (TPSA) is 90.7 Å². The van der Waals surface area contributed by atoms with Gasteiger partial charge in [0.05, 0.1) is 28.8 Å². The minimum atomic E-state index is -0.876. The minimum Gasteiger partial charge on any atom is -0.494 e. The molecule has 0 saturated heterocycles. The quantitative estimate of drug-likeness (QED) is 0.591. The van der Waals surface area contributed by atoms with E-state index >= 15 is 0 Å². The van der Waals surface area contributed by atoms with Crippen LogP contribution < -0.4 is 14.8 Å². The Balaban J connectivity index is 2.11. The summed E-state index contributed by atoms with van der Waals surface area (Å²) in [6, 6.07) is 8.52. The molecule has 25 heavy (non-hydrogen) atoms. The van der Waals surface area contributed by atoms with Crippen molar-refractivity contribution in [3.8, 4) is 11.5 Å². The van der Waals surface area contributed by atoms with Crippen LogP contribution >= 0.6 is 23.2 Å². The largest absolute Gasteiger partial charge is 0.494 e. The number of benzene rings is 2. The zero-order valence-corrected chi connectivity index (χ0v) is 14.8. The number of nitro groups is 1. The summed E-state index contributed by atoms with van der Waals surface area (Å²) < 4.78 is 10.6. The molecule has 0 radical (unpaired) electrons. The van der Waals surface area contributed by atoms with Gasteiger partial charge in [0, 0.05) is 11.1 Å². The van der Waals surface area contributed by atoms with E-state index in [1.165, 1.54) is 38.3 Å². The van der Waals surface area contributed by atoms with Crippen LogP contribution in [0.3, 0.4) is 0 Å². The molecule has 2 rings (SSSR count). The molecule has 7 nitrogen and oxygen atoms in total. The van der Waals surface area contributed by atoms with E-state index in [4.69, 9.17) is 32.7 Å². The molecule has 0 bridgehead atoms. The highest BCUT2D eigenvalue weighted by Gasteiger charge is 2.19. The number of carbonyl (C=O) groups excluding carboxylic acids is 1. The van der Waals surface area contributed by atoms with E-state index in [9.17, 15) is 14.9 Å². The van der Waals surface area contributed by atoms with Crippen LogP contribution in [0.15, 0.2) is 36.4 Å². The van der Waals surface area contributed by atoms with Crippen LogP contribution in [-0.4, -0.2) is 24.0 Å². The molecule has 0 aromatic heterocycles. The van der Waals surface area contributed by atoms with Crippen LogP contribution in [0.1, 0.15) is 6.92 Å². The van der Waals surface area contributed by atoms with Gasteiger partial charge in [0.15, 0.2) is 6.10 Å². The number of nitrogens with one attached hydrogen (secondary N) is 1. The molecule has 0 saturated carbocycles. The maximum atomic E-state index is 12.3. The molecule has 1 unspecified atom stereocenters. The third kappa shape index (κ3) is 4.74. The molecule has 1 N–H and O–H groups in total. The normalized spacial score (nSPS) is 11.5. The molecule has 0 spiro atoms. The SMILES string of the molecule is COc1cc([N+](=O)[O-])ccc1NC(=O)C(C)Oc1ccc(Cl)cc1Cl. The maximum absolute atomic E-state index is 12.3. The Bertz CT molecular complexity index is 813. The lowest BCUT2D eigenvalue weighted by Gasteiger charge is -2.17. The van der Waals surface area contributed by atoms with Gasteiger partial charge in [0.2, 0.25) is 0 Å². The van der Waals surface area contributed by atoms with Crippen molar-refractivity contribution in [3.05, 3.63) is 56.6 Å². The van der Waals surface area contributed by atoms with Crippen molar-refractivity contribution in [2.45, 2.75) is 13.0 Å². The van der Waals surface area contributed by atoms with Crippen LogP contribution in [-0.2, 0) is 4.79 Å². The van der Waals surface area contributed by atoms with Crippen molar-refractivity contribution < 1.29 is 19.2 Å². The smallest absolute Gasteiger partial charge is 0.273 e. The van der Waals surface area contributed by atoms with Gasteiger partial charge in [-0.3, -0.25) is 14.9 Å². The average molecular weight is 385 g/mol. The van der Waals surface area contributed by atoms with E-state index in [-0.39, 0.29) is 22.1 Å². The van der Waals surface area contributed by atoms with Gasteiger partial charge in [-0.25, -0.2) is 0 Å². The lowest BCUT2D eigenvalue weighted by atomic mass is 10.2. The Hall–Kier alpha value is -2.51. The van der Waals surface area contributed by atoms with E-state index < -0.39 is 16.9 Å². The number of rotatable bonds is 6. The molecule has 0 aliphatic rings. The number of non-ortho nitro benzene ring substituents is 1. The highest BCUT2D eigenvalue weighted by atomic mass is 35.5. The summed E-state index contributed by atoms with van der Waals surface area (Å²) in [4.78, 5) is 22.5. The van der Waals surface area contributed by atoms with Crippen LogP contribution in [0.4, 0.5) is 11.4 Å². The van der Waals surface area contributed by atoms with Crippen molar-refractivity contribution in [1.82, 2.24) is 0 Å². The number of halogens is 2. The lowest BCUT2D eigenvalue weighted by Crippen LogP contribution is -2.30. The van der Waals surface area contributed by atoms with Crippen molar-refractivity contribution in [3.63, 3.8) is 0 Å². The third-order valence-electron chi connectivity index (χ3n) is 3.22. The Morgan fingerprint density at radius 3 is 2.52 bits per heavy atom. The molecule has 0 aliphatic heterocycles. The second kappa shape index (κ2) is 8.04. The Morgan fingerprint density at radius 2 is 1.92 bits per heavy atom. The van der Waals surface area contributed by atoms with Crippen LogP contribution in [0.25, 0.3) is 0 Å². The molecular weight excluding hydrogens is 371 g/mol. The van der Waals surface area contributed by atoms with Gasteiger partial charge in [0.1, 0.15) is 11.5 Å². The fourth-order valence-electron chi connectivity index (χ4n) is 1.95. The van der Waals surface area contributed by atoms with E-state index in [1.807, 2.05) is 0 Å². The number of ether oxygens (including phenoxy) is 2. The molecule has 0 heterocycles. The van der Waals surface area contributed by atoms with E-state index in [2.05, 4.69) is 5.32 Å². The first-order valence-corrected chi connectivity index (χ1v) is 7.82. The molecule has 0 aliphatic carbocycles. The van der Waals surface area contributed by atoms with Gasteiger partial charge in [0.25, 0.3) is 11.6 Å². The summed E-state index contributed by atoms with van der Waals surface area (Å²) >= 11 is 11.8. The van der Waals surface area contributed by atoms with Crippen molar-refractivity contribution in [2.24, 2.45) is 0 Å². The van der Waals surface area contributed by atoms with Crippen molar-refractivity contribution in [1.29, 1.82) is 0 Å². The zero-order chi connectivity index (χ0) is 18.6. The van der Waals surface area contributed by atoms with Gasteiger partial charge < -0.3 is 14.8 Å². The van der Waals surface area contributed by atoms with Crippen molar-refractivity contribution in [2.75, 3.05) is 12.4 Å². The zero-order valence-electron chi connectivity index (χ0n) is 13.3. The molecule has 1 atom stereocenters. The van der Waals surface area contributed by atoms with Crippen LogP contribution in [0.5, 0.6) is 11.5 Å². The highest BCUT2D eigenvalue weighted by molar-refractivity contribution is 6.35. The number of methoxy groups -OCH3 is 1. The summed E-state index contributed by atoms with van der Waals surface area (Å²) in [5, 5.41) is 14.1. The fourth-order valence-corrected chi connectivity index (χ4v) is 2.40. The van der Waals surface area contributed by atoms with E-state index in [1.54, 1.807) is 12.1 Å². The monoisotopic (exact) mass is 384 g/mol. The second-order valence-corrected chi connectivity index (χ2v) is 5.81. The van der Waals surface area contributed by atoms with Gasteiger partial charge in [-0.1, -0.05) is 23.2 Å². The molecule has 2 aromatic carbocycles. The lowest BCUT2D eigenvalue weighted by molar-refractivity contribution is -0.384. The van der Waals surface area contributed by atoms with Crippen LogP contribution in [0, 0.1) is 10.1 Å². The first-order chi connectivity index (χ1) is 11.8. The fraction of sp³-hybridized carbons (Fsp3) is 0.188. The maximum Gasteiger partial charge on any atom is 0.273 e. The Labute approximate surface area is 153 Å². The molecule has 9 heteroatoms. The Kier molecular flexibility index (Phi) is 6.06. The molecule has 1 amide bonds. The molecule has 132 valence electrons. The van der Waals surface area contributed by atoms with E-state index in [0.717, 1.165) is 0 Å². The summed E-state index contributed by atoms with van der Waals surface area (Å²) in [7, 11) is 1.35. The summed E-state index contributed by atoms with van der Waals surface area (Å²) in [5.41, 5.74) is 0.142. The number of anilines is 1. The van der Waals surface area contributed by atoms with Gasteiger partial charge >= 0.3 is 0 Å². The predicted octanol–water partition coefficient (Wildman–Crippen LogP) is 4.32. The first kappa shape index (κ1) is 18.8. The Morgan fingerprint density at radius 1 is 1.20 bits per heavy atom. The number of hydrogen-bond acceptors (Lipinski definition) is 5. The van der Waals surface area contributed by atoms with Gasteiger partial charge in [-0.15, -0.1) is 0 Å². The average Bonchev–Trinajstić information content (AvgIpc) is 2.57. The number of nitrogens with zero attached hydrogens (tertiary/aromatic N) is 1. The van der Waals surface area contributed by atoms with Crippen LogP contribution in [0.2, 0.25) is 10.0 Å². The molecule has 0 fully saturated rings. The summed E-state index contributed by atoms with van der Waals surface area (Å²) in [5.74, 6) is 0.00169. The minimum absolute atomic E-state index is 0.146. The predicted molar refractivity (Wildman–Crippen MR) is 94.8 cm³/mol. The third-order valence-corrected chi connectivity index (χ3v) is 3.75. The summed E-state index contributed by atoms with van der Waals surface area (Å²) in [6.07, 6.45) is -0.876. The van der Waals surface area contributed by atoms with Gasteiger partial charge in [-0.05, 0) is 31.2 Å². The number of nitro benzene ring substituents is 1. The summed E-state index contributed by atoms with van der Waals surface area (Å²) in [6.45, 7) is 1.54. The van der Waals surface area contributed by atoms with Gasteiger partial charge in [-0.2, -0.15) is 0 Å². The number of hydrogen-bond donors (Lipinski definition) is 1. The number of carbonyl (C=O) groups is 1. The number of amides is 1.